The van der Waals surface area contributed by atoms with Crippen LogP contribution in [0.1, 0.15) is 28.3 Å². The molecule has 2 aromatic carbocycles. The highest BCUT2D eigenvalue weighted by Crippen LogP contribution is 2.22. The zero-order chi connectivity index (χ0) is 27.2. The van der Waals surface area contributed by atoms with Crippen LogP contribution in [0.5, 0.6) is 0 Å². The molecule has 0 aliphatic carbocycles. The highest BCUT2D eigenvalue weighted by molar-refractivity contribution is 14.1. The molecule has 10 nitrogen and oxygen atoms in total. The third-order valence-electron chi connectivity index (χ3n) is 5.46. The third-order valence-corrected chi connectivity index (χ3v) is 6.81. The minimum Gasteiger partial charge on any atom is -0.479 e. The molecular weight excluding hydrogens is 618 g/mol. The number of nitrogens with two attached hydrogens (primary N) is 1. The number of carboxylic acids is 1. The van der Waals surface area contributed by atoms with Gasteiger partial charge in [0.15, 0.2) is 11.9 Å². The summed E-state index contributed by atoms with van der Waals surface area (Å²) in [6.07, 6.45) is -1.12. The molecule has 0 bridgehead atoms. The molecule has 0 aliphatic rings. The monoisotopic (exact) mass is 646 g/mol. The zero-order valence-corrected chi connectivity index (χ0v) is 23.3. The highest BCUT2D eigenvalue weighted by atomic mass is 127. The number of carboxylic acid groups (broad SMARTS) is 1. The molecule has 1 atom stereocenters. The predicted octanol–water partition coefficient (Wildman–Crippen LogP) is 2.73. The van der Waals surface area contributed by atoms with E-state index in [1.165, 1.54) is 16.8 Å². The van der Waals surface area contributed by atoms with Gasteiger partial charge in [-0.05, 0) is 43.2 Å². The van der Waals surface area contributed by atoms with Gasteiger partial charge in [0.1, 0.15) is 17.3 Å². The molecule has 200 valence electrons. The van der Waals surface area contributed by atoms with Gasteiger partial charge in [-0.25, -0.2) is 32.4 Å². The molecule has 13 heteroatoms. The Morgan fingerprint density at radius 1 is 1.19 bits per heavy atom. The van der Waals surface area contributed by atoms with E-state index in [9.17, 15) is 18.3 Å². The predicted molar refractivity (Wildman–Crippen MR) is 142 cm³/mol. The van der Waals surface area contributed by atoms with Crippen LogP contribution in [0.15, 0.2) is 41.3 Å². The second-order valence-electron chi connectivity index (χ2n) is 8.32. The number of halogens is 2. The molecule has 1 aromatic heterocycles. The maximum absolute atomic E-state index is 15.1. The van der Waals surface area contributed by atoms with Crippen LogP contribution >= 0.6 is 22.6 Å². The van der Waals surface area contributed by atoms with Crippen molar-refractivity contribution in [1.29, 1.82) is 0 Å². The Labute approximate surface area is 228 Å². The van der Waals surface area contributed by atoms with Crippen molar-refractivity contribution >= 4 is 38.6 Å². The summed E-state index contributed by atoms with van der Waals surface area (Å²) in [5.41, 5.74) is 2.90. The Morgan fingerprint density at radius 2 is 1.95 bits per heavy atom. The first-order valence-electron chi connectivity index (χ1n) is 11.3. The maximum atomic E-state index is 15.1. The van der Waals surface area contributed by atoms with E-state index in [1.54, 1.807) is 0 Å². The van der Waals surface area contributed by atoms with Crippen LogP contribution in [-0.2, 0) is 37.1 Å². The lowest BCUT2D eigenvalue weighted by Crippen LogP contribution is -2.28. The smallest absolute Gasteiger partial charge is 0.333 e. The number of nitrogens with zero attached hydrogens (tertiary/aromatic N) is 3. The summed E-state index contributed by atoms with van der Waals surface area (Å²) in [4.78, 5) is 15.9. The minimum absolute atomic E-state index is 0.0496. The summed E-state index contributed by atoms with van der Waals surface area (Å²) < 4.78 is 51.2. The third kappa shape index (κ3) is 8.01. The topological polar surface area (TPSA) is 147 Å². The number of hydrogen-bond donors (Lipinski definition) is 2. The number of aromatic nitrogens is 3. The fourth-order valence-corrected chi connectivity index (χ4v) is 4.41. The summed E-state index contributed by atoms with van der Waals surface area (Å²) in [6.45, 7) is 4.74. The number of rotatable bonds is 13. The number of benzene rings is 2. The van der Waals surface area contributed by atoms with Crippen molar-refractivity contribution in [2.75, 3.05) is 24.2 Å². The summed E-state index contributed by atoms with van der Waals surface area (Å²) in [7, 11) is -4.11. The van der Waals surface area contributed by atoms with E-state index in [0.29, 0.717) is 12.4 Å². The maximum Gasteiger partial charge on any atom is 0.333 e. The van der Waals surface area contributed by atoms with Gasteiger partial charge in [0.25, 0.3) is 0 Å². The molecule has 0 saturated carbocycles. The standard InChI is InChI=1S/C24H28FIN4O6S/c1-15-3-4-16(2)17(11-15)12-23-28-22(14-21(24(31)32)36-10-9-35-8-7-26)29-30(23)20-6-5-18(13-19(20)25)37(27,33)34/h3-6,11,13,21H,7-10,12,14H2,1-2H3,(H,31,32)(H2,27,33,34). The second-order valence-corrected chi connectivity index (χ2v) is 11.0. The molecule has 0 saturated heterocycles. The van der Waals surface area contributed by atoms with E-state index in [-0.39, 0.29) is 42.5 Å². The molecule has 0 aliphatic heterocycles. The van der Waals surface area contributed by atoms with E-state index in [2.05, 4.69) is 32.7 Å². The summed E-state index contributed by atoms with van der Waals surface area (Å²) in [5, 5.41) is 19.1. The summed E-state index contributed by atoms with van der Waals surface area (Å²) in [6, 6.07) is 9.15. The van der Waals surface area contributed by atoms with Crippen LogP contribution in [0, 0.1) is 19.7 Å². The van der Waals surface area contributed by atoms with Crippen LogP contribution in [0.3, 0.4) is 0 Å². The van der Waals surface area contributed by atoms with Gasteiger partial charge in [-0.2, -0.15) is 5.10 Å². The van der Waals surface area contributed by atoms with Crippen molar-refractivity contribution in [3.05, 3.63) is 70.6 Å². The quantitative estimate of drug-likeness (QED) is 0.164. The van der Waals surface area contributed by atoms with Crippen LogP contribution < -0.4 is 5.14 Å². The van der Waals surface area contributed by atoms with Gasteiger partial charge in [-0.3, -0.25) is 0 Å². The van der Waals surface area contributed by atoms with Crippen molar-refractivity contribution < 1.29 is 32.2 Å². The van der Waals surface area contributed by atoms with Crippen molar-refractivity contribution in [3.63, 3.8) is 0 Å². The van der Waals surface area contributed by atoms with Gasteiger partial charge < -0.3 is 14.6 Å². The number of alkyl halides is 1. The van der Waals surface area contributed by atoms with Crippen molar-refractivity contribution in [3.8, 4) is 5.69 Å². The number of hydrogen-bond acceptors (Lipinski definition) is 7. The molecule has 1 heterocycles. The van der Waals surface area contributed by atoms with Gasteiger partial charge in [-0.1, -0.05) is 46.4 Å². The second kappa shape index (κ2) is 12.9. The van der Waals surface area contributed by atoms with E-state index >= 15 is 4.39 Å². The molecule has 3 aromatic rings. The Morgan fingerprint density at radius 3 is 2.59 bits per heavy atom. The molecule has 1 unspecified atom stereocenters. The first-order chi connectivity index (χ1) is 17.5. The van der Waals surface area contributed by atoms with Crippen molar-refractivity contribution in [1.82, 2.24) is 14.8 Å². The fraction of sp³-hybridized carbons (Fsp3) is 0.375. The van der Waals surface area contributed by atoms with Crippen LogP contribution in [0.25, 0.3) is 5.69 Å². The molecule has 0 amide bonds. The summed E-state index contributed by atoms with van der Waals surface area (Å²) >= 11 is 2.17. The molecule has 0 radical (unpaired) electrons. The number of aliphatic carboxylic acids is 1. The molecule has 3 rings (SSSR count). The van der Waals surface area contributed by atoms with E-state index in [1.807, 2.05) is 32.0 Å². The molecule has 0 spiro atoms. The minimum atomic E-state index is -4.11. The Kier molecular flexibility index (Phi) is 10.1. The van der Waals surface area contributed by atoms with E-state index in [4.69, 9.17) is 14.6 Å². The molecule has 3 N–H and O–H groups in total. The fourth-order valence-electron chi connectivity index (χ4n) is 3.57. The number of sulfonamides is 1. The van der Waals surface area contributed by atoms with E-state index < -0.39 is 27.9 Å². The highest BCUT2D eigenvalue weighted by Gasteiger charge is 2.24. The van der Waals surface area contributed by atoms with Crippen LogP contribution in [0.4, 0.5) is 4.39 Å². The van der Waals surface area contributed by atoms with Gasteiger partial charge in [-0.15, -0.1) is 0 Å². The van der Waals surface area contributed by atoms with Gasteiger partial charge >= 0.3 is 5.97 Å². The number of ether oxygens (including phenoxy) is 2. The Hall–Kier alpha value is -2.46. The van der Waals surface area contributed by atoms with Gasteiger partial charge in [0, 0.05) is 17.3 Å². The van der Waals surface area contributed by atoms with Gasteiger partial charge in [0.05, 0.1) is 24.7 Å². The van der Waals surface area contributed by atoms with Crippen LogP contribution in [0.2, 0.25) is 0 Å². The summed E-state index contributed by atoms with van der Waals surface area (Å²) in [5.74, 6) is -1.58. The molecular formula is C24H28FIN4O6S. The molecule has 37 heavy (non-hydrogen) atoms. The normalized spacial score (nSPS) is 12.6. The lowest BCUT2D eigenvalue weighted by molar-refractivity contribution is -0.151. The number of carbonyl (C=O) groups is 1. The van der Waals surface area contributed by atoms with Gasteiger partial charge in [0.2, 0.25) is 10.0 Å². The van der Waals surface area contributed by atoms with Crippen molar-refractivity contribution in [2.24, 2.45) is 5.14 Å². The Bertz CT molecular complexity index is 1370. The Balaban J connectivity index is 1.97. The number of aryl methyl sites for hydroxylation is 2. The average molecular weight is 646 g/mol. The average Bonchev–Trinajstić information content (AvgIpc) is 3.21. The first-order valence-corrected chi connectivity index (χ1v) is 14.4. The first kappa shape index (κ1) is 29.1. The molecule has 0 fully saturated rings. The zero-order valence-electron chi connectivity index (χ0n) is 20.4. The van der Waals surface area contributed by atoms with Crippen LogP contribution in [-0.4, -0.2) is 64.6 Å². The van der Waals surface area contributed by atoms with E-state index in [0.717, 1.165) is 27.2 Å². The lowest BCUT2D eigenvalue weighted by Gasteiger charge is -2.12. The number of primary sulfonamides is 1. The largest absolute Gasteiger partial charge is 0.479 e. The lowest BCUT2D eigenvalue weighted by atomic mass is 10.0. The van der Waals surface area contributed by atoms with Crippen molar-refractivity contribution in [2.45, 2.75) is 37.7 Å². The SMILES string of the molecule is Cc1ccc(C)c(Cc2nc(CC(OCCOCCI)C(=O)O)nn2-c2ccc(S(N)(=O)=O)cc2F)c1.